The van der Waals surface area contributed by atoms with Gasteiger partial charge in [0, 0.05) is 6.54 Å². The average Bonchev–Trinajstić information content (AvgIpc) is 2.90. The van der Waals surface area contributed by atoms with Gasteiger partial charge in [-0.2, -0.15) is 0 Å². The zero-order valence-corrected chi connectivity index (χ0v) is 11.9. The van der Waals surface area contributed by atoms with Crippen LogP contribution >= 0.6 is 0 Å². The van der Waals surface area contributed by atoms with E-state index in [1.54, 1.807) is 0 Å². The molecule has 0 unspecified atom stereocenters. The molecule has 1 aliphatic rings. The van der Waals surface area contributed by atoms with E-state index in [0.29, 0.717) is 0 Å². The molecule has 3 rings (SSSR count). The first-order valence-electron chi connectivity index (χ1n) is 7.17. The monoisotopic (exact) mass is 267 g/mol. The van der Waals surface area contributed by atoms with Gasteiger partial charge in [-0.15, -0.1) is 0 Å². The summed E-state index contributed by atoms with van der Waals surface area (Å²) in [5, 5.41) is 6.76. The summed E-state index contributed by atoms with van der Waals surface area (Å²) in [5.74, 6) is 0. The fraction of sp³-hybridized carbons (Fsp3) is 0.294. The first-order chi connectivity index (χ1) is 9.88. The van der Waals surface area contributed by atoms with Gasteiger partial charge in [0.25, 0.3) is 0 Å². The van der Waals surface area contributed by atoms with Crippen LogP contribution in [0.5, 0.6) is 0 Å². The first-order valence-corrected chi connectivity index (χ1v) is 7.17. The van der Waals surface area contributed by atoms with Crippen LogP contribution < -0.4 is 15.5 Å². The summed E-state index contributed by atoms with van der Waals surface area (Å²) in [6.07, 6.45) is 1.06. The highest BCUT2D eigenvalue weighted by Gasteiger charge is 2.20. The molecule has 104 valence electrons. The van der Waals surface area contributed by atoms with Crippen LogP contribution in [-0.2, 0) is 13.0 Å². The van der Waals surface area contributed by atoms with Crippen LogP contribution in [0.1, 0.15) is 11.1 Å². The van der Waals surface area contributed by atoms with Gasteiger partial charge in [0.05, 0.1) is 18.0 Å². The molecular weight excluding hydrogens is 246 g/mol. The molecule has 0 spiro atoms. The molecule has 2 N–H and O–H groups in total. The normalized spacial score (nSPS) is 13.2. The Hall–Kier alpha value is -2.00. The second-order valence-electron chi connectivity index (χ2n) is 5.18. The molecule has 3 heteroatoms. The standard InChI is InChI=1S/C17H21N3/c1-18-11-10-15-8-5-9-16-17(15)19-13-20(16)12-14-6-3-2-4-7-14/h2-9,18-19H,10-13H2,1H3. The van der Waals surface area contributed by atoms with Gasteiger partial charge in [-0.25, -0.2) is 0 Å². The molecule has 0 bridgehead atoms. The van der Waals surface area contributed by atoms with Gasteiger partial charge in [0.15, 0.2) is 0 Å². The van der Waals surface area contributed by atoms with E-state index < -0.39 is 0 Å². The summed E-state index contributed by atoms with van der Waals surface area (Å²) in [6, 6.07) is 17.2. The predicted molar refractivity (Wildman–Crippen MR) is 85.2 cm³/mol. The van der Waals surface area contributed by atoms with Crippen LogP contribution in [0.3, 0.4) is 0 Å². The van der Waals surface area contributed by atoms with Crippen LogP contribution in [0.25, 0.3) is 0 Å². The van der Waals surface area contributed by atoms with Crippen molar-refractivity contribution in [3.63, 3.8) is 0 Å². The van der Waals surface area contributed by atoms with Crippen LogP contribution in [0.4, 0.5) is 11.4 Å². The number of nitrogens with zero attached hydrogens (tertiary/aromatic N) is 1. The zero-order valence-electron chi connectivity index (χ0n) is 11.9. The Kier molecular flexibility index (Phi) is 3.88. The Morgan fingerprint density at radius 2 is 1.95 bits per heavy atom. The molecule has 2 aromatic rings. The van der Waals surface area contributed by atoms with Crippen molar-refractivity contribution in [2.75, 3.05) is 30.5 Å². The maximum Gasteiger partial charge on any atom is 0.0881 e. The number of fused-ring (bicyclic) bond motifs is 1. The molecular formula is C17H21N3. The summed E-state index contributed by atoms with van der Waals surface area (Å²) in [4.78, 5) is 2.40. The second-order valence-corrected chi connectivity index (χ2v) is 5.18. The van der Waals surface area contributed by atoms with Crippen molar-refractivity contribution >= 4 is 11.4 Å². The van der Waals surface area contributed by atoms with Crippen molar-refractivity contribution in [3.05, 3.63) is 59.7 Å². The summed E-state index contributed by atoms with van der Waals surface area (Å²) < 4.78 is 0. The summed E-state index contributed by atoms with van der Waals surface area (Å²) in [7, 11) is 2.00. The molecule has 1 aliphatic heterocycles. The van der Waals surface area contributed by atoms with Crippen molar-refractivity contribution in [1.29, 1.82) is 0 Å². The van der Waals surface area contributed by atoms with Crippen molar-refractivity contribution < 1.29 is 0 Å². The highest BCUT2D eigenvalue weighted by molar-refractivity contribution is 5.78. The SMILES string of the molecule is CNCCc1cccc2c1NCN2Cc1ccccc1. The van der Waals surface area contributed by atoms with Crippen molar-refractivity contribution in [3.8, 4) is 0 Å². The minimum atomic E-state index is 0.890. The fourth-order valence-electron chi connectivity index (χ4n) is 2.73. The Balaban J connectivity index is 1.80. The van der Waals surface area contributed by atoms with E-state index in [2.05, 4.69) is 64.1 Å². The highest BCUT2D eigenvalue weighted by atomic mass is 15.3. The number of rotatable bonds is 5. The predicted octanol–water partition coefficient (Wildman–Crippen LogP) is 2.84. The smallest absolute Gasteiger partial charge is 0.0881 e. The van der Waals surface area contributed by atoms with Gasteiger partial charge in [0.1, 0.15) is 0 Å². The largest absolute Gasteiger partial charge is 0.366 e. The molecule has 0 aliphatic carbocycles. The van der Waals surface area contributed by atoms with Crippen LogP contribution in [0, 0.1) is 0 Å². The van der Waals surface area contributed by atoms with Crippen LogP contribution in [0.15, 0.2) is 48.5 Å². The number of anilines is 2. The molecule has 20 heavy (non-hydrogen) atoms. The molecule has 1 heterocycles. The van der Waals surface area contributed by atoms with E-state index in [-0.39, 0.29) is 0 Å². The van der Waals surface area contributed by atoms with E-state index in [4.69, 9.17) is 0 Å². The lowest BCUT2D eigenvalue weighted by molar-refractivity contribution is 0.793. The number of nitrogens with one attached hydrogen (secondary N) is 2. The average molecular weight is 267 g/mol. The minimum Gasteiger partial charge on any atom is -0.366 e. The third-order valence-corrected chi connectivity index (χ3v) is 3.78. The van der Waals surface area contributed by atoms with Crippen molar-refractivity contribution in [2.45, 2.75) is 13.0 Å². The third-order valence-electron chi connectivity index (χ3n) is 3.78. The second kappa shape index (κ2) is 5.97. The van der Waals surface area contributed by atoms with Gasteiger partial charge in [-0.3, -0.25) is 0 Å². The fourth-order valence-corrected chi connectivity index (χ4v) is 2.73. The maximum absolute atomic E-state index is 3.55. The molecule has 0 radical (unpaired) electrons. The molecule has 0 saturated heterocycles. The lowest BCUT2D eigenvalue weighted by atomic mass is 10.1. The van der Waals surface area contributed by atoms with Gasteiger partial charge in [-0.1, -0.05) is 42.5 Å². The minimum absolute atomic E-state index is 0.890. The molecule has 0 atom stereocenters. The quantitative estimate of drug-likeness (QED) is 0.872. The Bertz CT molecular complexity index is 566. The Morgan fingerprint density at radius 3 is 2.75 bits per heavy atom. The molecule has 0 saturated carbocycles. The number of hydrogen-bond donors (Lipinski definition) is 2. The summed E-state index contributed by atoms with van der Waals surface area (Å²) >= 11 is 0. The van der Waals surface area contributed by atoms with Crippen molar-refractivity contribution in [2.24, 2.45) is 0 Å². The third kappa shape index (κ3) is 2.63. The van der Waals surface area contributed by atoms with Gasteiger partial charge in [0.2, 0.25) is 0 Å². The molecule has 0 fully saturated rings. The van der Waals surface area contributed by atoms with Gasteiger partial charge in [-0.05, 0) is 37.2 Å². The van der Waals surface area contributed by atoms with E-state index in [1.807, 2.05) is 7.05 Å². The lowest BCUT2D eigenvalue weighted by Crippen LogP contribution is -2.21. The molecule has 3 nitrogen and oxygen atoms in total. The Morgan fingerprint density at radius 1 is 1.10 bits per heavy atom. The summed E-state index contributed by atoms with van der Waals surface area (Å²) in [5.41, 5.74) is 5.37. The van der Waals surface area contributed by atoms with Gasteiger partial charge < -0.3 is 15.5 Å². The number of benzene rings is 2. The Labute approximate surface area is 120 Å². The van der Waals surface area contributed by atoms with E-state index in [9.17, 15) is 0 Å². The summed E-state index contributed by atoms with van der Waals surface area (Å²) in [6.45, 7) is 2.86. The highest BCUT2D eigenvalue weighted by Crippen LogP contribution is 2.35. The number of para-hydroxylation sites is 1. The molecule has 2 aromatic carbocycles. The molecule has 0 aromatic heterocycles. The lowest BCUT2D eigenvalue weighted by Gasteiger charge is -2.18. The van der Waals surface area contributed by atoms with Crippen molar-refractivity contribution in [1.82, 2.24) is 5.32 Å². The molecule has 0 amide bonds. The maximum atomic E-state index is 3.55. The zero-order chi connectivity index (χ0) is 13.8. The number of likely N-dealkylation sites (N-methyl/N-ethyl adjacent to an activating group) is 1. The van der Waals surface area contributed by atoms with Crippen LogP contribution in [-0.4, -0.2) is 20.3 Å². The van der Waals surface area contributed by atoms with E-state index in [1.165, 1.54) is 22.5 Å². The topological polar surface area (TPSA) is 27.3 Å². The van der Waals surface area contributed by atoms with Gasteiger partial charge >= 0.3 is 0 Å². The number of hydrogen-bond acceptors (Lipinski definition) is 3. The van der Waals surface area contributed by atoms with Crippen LogP contribution in [0.2, 0.25) is 0 Å². The van der Waals surface area contributed by atoms with E-state index in [0.717, 1.165) is 26.2 Å². The first kappa shape index (κ1) is 13.0. The van der Waals surface area contributed by atoms with E-state index >= 15 is 0 Å².